The normalized spacial score (nSPS) is 10.0. The highest BCUT2D eigenvalue weighted by molar-refractivity contribution is 5.89. The highest BCUT2D eigenvalue weighted by atomic mass is 16.5. The molecular formula is C15H19N5O3. The fraction of sp³-hybridized carbons (Fsp3) is 0.267. The van der Waals surface area contributed by atoms with Crippen molar-refractivity contribution in [2.24, 2.45) is 0 Å². The van der Waals surface area contributed by atoms with Crippen LogP contribution >= 0.6 is 0 Å². The molecule has 8 heteroatoms. The Hall–Kier alpha value is -2.87. The van der Waals surface area contributed by atoms with Gasteiger partial charge in [0.25, 0.3) is 0 Å². The first-order chi connectivity index (χ1) is 11.2. The van der Waals surface area contributed by atoms with Crippen molar-refractivity contribution >= 4 is 17.5 Å². The summed E-state index contributed by atoms with van der Waals surface area (Å²) in [5, 5.41) is 17.1. The number of ether oxygens (including phenoxy) is 1. The van der Waals surface area contributed by atoms with Crippen molar-refractivity contribution < 1.29 is 14.6 Å². The maximum absolute atomic E-state index is 11.3. The molecule has 1 heterocycles. The number of aromatic nitrogens is 2. The first-order valence-corrected chi connectivity index (χ1v) is 7.03. The topological polar surface area (TPSA) is 108 Å². The van der Waals surface area contributed by atoms with Gasteiger partial charge in [-0.15, -0.1) is 0 Å². The van der Waals surface area contributed by atoms with Crippen LogP contribution in [0.5, 0.6) is 5.75 Å². The highest BCUT2D eigenvalue weighted by Gasteiger charge is 2.09. The minimum Gasteiger partial charge on any atom is -0.491 e. The number of carbonyl (C=O) groups is 1. The maximum Gasteiger partial charge on any atom is 0.318 e. The molecule has 0 radical (unpaired) electrons. The molecular weight excluding hydrogens is 298 g/mol. The van der Waals surface area contributed by atoms with Crippen molar-refractivity contribution in [3.8, 4) is 17.1 Å². The number of aliphatic hydroxyl groups is 1. The summed E-state index contributed by atoms with van der Waals surface area (Å²) in [6.45, 7) is 0.351. The molecule has 0 unspecified atom stereocenters. The van der Waals surface area contributed by atoms with Crippen molar-refractivity contribution in [3.05, 3.63) is 30.5 Å². The number of amides is 2. The summed E-state index contributed by atoms with van der Waals surface area (Å²) in [6.07, 6.45) is 1.57. The average Bonchev–Trinajstić information content (AvgIpc) is 2.60. The van der Waals surface area contributed by atoms with Gasteiger partial charge in [-0.25, -0.2) is 14.8 Å². The van der Waals surface area contributed by atoms with Crippen LogP contribution in [-0.2, 0) is 0 Å². The summed E-state index contributed by atoms with van der Waals surface area (Å²) >= 11 is 0. The molecule has 122 valence electrons. The number of anilines is 2. The van der Waals surface area contributed by atoms with E-state index in [0.29, 0.717) is 29.6 Å². The summed E-state index contributed by atoms with van der Waals surface area (Å²) in [5.74, 6) is 1.52. The van der Waals surface area contributed by atoms with E-state index in [4.69, 9.17) is 9.84 Å². The number of aliphatic hydroxyl groups excluding tert-OH is 1. The van der Waals surface area contributed by atoms with Crippen LogP contribution in [0.25, 0.3) is 11.4 Å². The van der Waals surface area contributed by atoms with Crippen LogP contribution in [0.15, 0.2) is 30.5 Å². The van der Waals surface area contributed by atoms with Gasteiger partial charge in [-0.05, 0) is 24.3 Å². The van der Waals surface area contributed by atoms with E-state index >= 15 is 0 Å². The Morgan fingerprint density at radius 3 is 2.65 bits per heavy atom. The lowest BCUT2D eigenvalue weighted by Crippen LogP contribution is -2.24. The molecule has 0 aliphatic carbocycles. The van der Waals surface area contributed by atoms with Gasteiger partial charge in [-0.3, -0.25) is 0 Å². The van der Waals surface area contributed by atoms with Crippen LogP contribution in [0.1, 0.15) is 0 Å². The fourth-order valence-corrected chi connectivity index (χ4v) is 1.86. The first-order valence-electron chi connectivity index (χ1n) is 7.03. The van der Waals surface area contributed by atoms with Gasteiger partial charge < -0.3 is 25.8 Å². The van der Waals surface area contributed by atoms with Crippen molar-refractivity contribution in [1.29, 1.82) is 0 Å². The van der Waals surface area contributed by atoms with Crippen LogP contribution in [0.3, 0.4) is 0 Å². The standard InChI is InChI=1S/C15H19N5O3/c1-16-15(22)19-11-5-3-10(4-6-11)13-18-9-12(23-2)14(20-13)17-7-8-21/h3-6,9,21H,7-8H2,1-2H3,(H2,16,19,22)(H,17,18,20). The number of nitrogens with one attached hydrogen (secondary N) is 3. The Morgan fingerprint density at radius 2 is 2.04 bits per heavy atom. The van der Waals surface area contributed by atoms with Crippen molar-refractivity contribution in [1.82, 2.24) is 15.3 Å². The third kappa shape index (κ3) is 4.30. The number of benzene rings is 1. The summed E-state index contributed by atoms with van der Waals surface area (Å²) in [6, 6.07) is 6.86. The quantitative estimate of drug-likeness (QED) is 0.640. The zero-order chi connectivity index (χ0) is 16.7. The van der Waals surface area contributed by atoms with Gasteiger partial charge in [0.15, 0.2) is 17.4 Å². The molecule has 0 bridgehead atoms. The van der Waals surface area contributed by atoms with Crippen molar-refractivity contribution in [3.63, 3.8) is 0 Å². The molecule has 0 aliphatic heterocycles. The molecule has 2 rings (SSSR count). The van der Waals surface area contributed by atoms with Gasteiger partial charge in [0, 0.05) is 24.8 Å². The molecule has 2 aromatic rings. The number of hydrogen-bond acceptors (Lipinski definition) is 6. The summed E-state index contributed by atoms with van der Waals surface area (Å²) in [4.78, 5) is 19.9. The zero-order valence-corrected chi connectivity index (χ0v) is 13.0. The largest absolute Gasteiger partial charge is 0.491 e. The van der Waals surface area contributed by atoms with Gasteiger partial charge in [0.05, 0.1) is 19.9 Å². The number of methoxy groups -OCH3 is 1. The van der Waals surface area contributed by atoms with E-state index in [1.807, 2.05) is 12.1 Å². The average molecular weight is 317 g/mol. The monoisotopic (exact) mass is 317 g/mol. The molecule has 0 atom stereocenters. The SMILES string of the molecule is CNC(=O)Nc1ccc(-c2ncc(OC)c(NCCO)n2)cc1. The van der Waals surface area contributed by atoms with Crippen molar-refractivity contribution in [2.45, 2.75) is 0 Å². The van der Waals surface area contributed by atoms with Crippen LogP contribution in [0, 0.1) is 0 Å². The van der Waals surface area contributed by atoms with Gasteiger partial charge in [0.2, 0.25) is 0 Å². The number of urea groups is 1. The van der Waals surface area contributed by atoms with E-state index in [9.17, 15) is 4.79 Å². The number of hydrogen-bond donors (Lipinski definition) is 4. The van der Waals surface area contributed by atoms with E-state index in [-0.39, 0.29) is 12.6 Å². The minimum absolute atomic E-state index is 0.0116. The van der Waals surface area contributed by atoms with E-state index in [0.717, 1.165) is 5.56 Å². The molecule has 1 aromatic carbocycles. The van der Waals surface area contributed by atoms with Crippen LogP contribution in [0.4, 0.5) is 16.3 Å². The van der Waals surface area contributed by atoms with E-state index in [1.165, 1.54) is 7.11 Å². The second-order valence-electron chi connectivity index (χ2n) is 4.54. The maximum atomic E-state index is 11.3. The van der Waals surface area contributed by atoms with E-state index in [1.54, 1.807) is 25.4 Å². The van der Waals surface area contributed by atoms with Crippen LogP contribution in [-0.4, -0.2) is 48.4 Å². The Kier molecular flexibility index (Phi) is 5.70. The molecule has 8 nitrogen and oxygen atoms in total. The lowest BCUT2D eigenvalue weighted by Gasteiger charge is -2.11. The fourth-order valence-electron chi connectivity index (χ4n) is 1.86. The predicted molar refractivity (Wildman–Crippen MR) is 87.7 cm³/mol. The van der Waals surface area contributed by atoms with Gasteiger partial charge in [0.1, 0.15) is 0 Å². The van der Waals surface area contributed by atoms with Crippen molar-refractivity contribution in [2.75, 3.05) is 37.9 Å². The summed E-state index contributed by atoms with van der Waals surface area (Å²) in [7, 11) is 3.08. The summed E-state index contributed by atoms with van der Waals surface area (Å²) < 4.78 is 5.18. The zero-order valence-electron chi connectivity index (χ0n) is 13.0. The molecule has 0 aliphatic rings. The molecule has 1 aromatic heterocycles. The molecule has 23 heavy (non-hydrogen) atoms. The van der Waals surface area contributed by atoms with Gasteiger partial charge in [-0.1, -0.05) is 0 Å². The predicted octanol–water partition coefficient (Wildman–Crippen LogP) is 1.31. The highest BCUT2D eigenvalue weighted by Crippen LogP contribution is 2.25. The lowest BCUT2D eigenvalue weighted by atomic mass is 10.2. The molecule has 0 saturated heterocycles. The third-order valence-corrected chi connectivity index (χ3v) is 3.01. The molecule has 2 amide bonds. The Labute approximate surface area is 133 Å². The lowest BCUT2D eigenvalue weighted by molar-refractivity contribution is 0.254. The van der Waals surface area contributed by atoms with Gasteiger partial charge >= 0.3 is 6.03 Å². The number of rotatable bonds is 6. The van der Waals surface area contributed by atoms with E-state index in [2.05, 4.69) is 25.9 Å². The number of nitrogens with zero attached hydrogens (tertiary/aromatic N) is 2. The second-order valence-corrected chi connectivity index (χ2v) is 4.54. The smallest absolute Gasteiger partial charge is 0.318 e. The van der Waals surface area contributed by atoms with Crippen LogP contribution in [0.2, 0.25) is 0 Å². The Bertz CT molecular complexity index is 661. The second kappa shape index (κ2) is 7.95. The van der Waals surface area contributed by atoms with E-state index < -0.39 is 0 Å². The Balaban J connectivity index is 2.22. The minimum atomic E-state index is -0.283. The molecule has 4 N–H and O–H groups in total. The molecule has 0 fully saturated rings. The number of carbonyl (C=O) groups excluding carboxylic acids is 1. The first kappa shape index (κ1) is 16.5. The molecule has 0 spiro atoms. The Morgan fingerprint density at radius 1 is 1.30 bits per heavy atom. The molecule has 0 saturated carbocycles. The van der Waals surface area contributed by atoms with Gasteiger partial charge in [-0.2, -0.15) is 0 Å². The van der Waals surface area contributed by atoms with Crippen LogP contribution < -0.4 is 20.7 Å². The third-order valence-electron chi connectivity index (χ3n) is 3.01. The summed E-state index contributed by atoms with van der Waals surface area (Å²) in [5.41, 5.74) is 1.46.